The number of halogens is 1. The SMILES string of the molecule is COc1cc(Cl)c(CCN)cc1OC(C)C. The molecule has 0 heterocycles. The lowest BCUT2D eigenvalue weighted by Gasteiger charge is -2.15. The van der Waals surface area contributed by atoms with Crippen LogP contribution in [0.5, 0.6) is 11.5 Å². The van der Waals surface area contributed by atoms with Crippen LogP contribution in [0.4, 0.5) is 0 Å². The Bertz CT molecular complexity index is 353. The molecule has 0 atom stereocenters. The first-order valence-corrected chi connectivity index (χ1v) is 5.69. The van der Waals surface area contributed by atoms with Crippen molar-refractivity contribution in [2.75, 3.05) is 13.7 Å². The largest absolute Gasteiger partial charge is 0.493 e. The van der Waals surface area contributed by atoms with Gasteiger partial charge in [0.2, 0.25) is 0 Å². The minimum absolute atomic E-state index is 0.0980. The zero-order valence-corrected chi connectivity index (χ0v) is 10.7. The molecule has 1 aromatic carbocycles. The summed E-state index contributed by atoms with van der Waals surface area (Å²) in [4.78, 5) is 0. The van der Waals surface area contributed by atoms with Crippen LogP contribution in [0.2, 0.25) is 5.02 Å². The van der Waals surface area contributed by atoms with Crippen LogP contribution in [0.15, 0.2) is 12.1 Å². The van der Waals surface area contributed by atoms with Crippen LogP contribution in [0, 0.1) is 0 Å². The summed E-state index contributed by atoms with van der Waals surface area (Å²) in [5.41, 5.74) is 6.51. The van der Waals surface area contributed by atoms with Crippen molar-refractivity contribution in [2.45, 2.75) is 26.4 Å². The molecule has 3 nitrogen and oxygen atoms in total. The monoisotopic (exact) mass is 243 g/mol. The second-order valence-corrected chi connectivity index (χ2v) is 4.21. The van der Waals surface area contributed by atoms with Gasteiger partial charge in [-0.2, -0.15) is 0 Å². The molecule has 0 aromatic heterocycles. The lowest BCUT2D eigenvalue weighted by molar-refractivity contribution is 0.230. The maximum absolute atomic E-state index is 6.10. The Kier molecular flexibility index (Phi) is 4.90. The standard InChI is InChI=1S/C12H18ClNO2/c1-8(2)16-12-6-9(4-5-14)10(13)7-11(12)15-3/h6-8H,4-5,14H2,1-3H3. The van der Waals surface area contributed by atoms with E-state index < -0.39 is 0 Å². The van der Waals surface area contributed by atoms with Crippen molar-refractivity contribution in [3.8, 4) is 11.5 Å². The van der Waals surface area contributed by atoms with Crippen molar-refractivity contribution in [3.63, 3.8) is 0 Å². The van der Waals surface area contributed by atoms with E-state index in [0.717, 1.165) is 12.0 Å². The molecule has 0 bridgehead atoms. The zero-order chi connectivity index (χ0) is 12.1. The van der Waals surface area contributed by atoms with E-state index >= 15 is 0 Å². The molecule has 0 saturated heterocycles. The highest BCUT2D eigenvalue weighted by Crippen LogP contribution is 2.34. The van der Waals surface area contributed by atoms with Gasteiger partial charge in [-0.05, 0) is 38.4 Å². The molecular weight excluding hydrogens is 226 g/mol. The highest BCUT2D eigenvalue weighted by atomic mass is 35.5. The van der Waals surface area contributed by atoms with Gasteiger partial charge < -0.3 is 15.2 Å². The topological polar surface area (TPSA) is 44.5 Å². The molecule has 0 aliphatic carbocycles. The molecular formula is C12H18ClNO2. The number of nitrogens with two attached hydrogens (primary N) is 1. The van der Waals surface area contributed by atoms with Crippen LogP contribution in [-0.2, 0) is 6.42 Å². The van der Waals surface area contributed by atoms with Crippen molar-refractivity contribution < 1.29 is 9.47 Å². The first-order chi connectivity index (χ1) is 7.58. The highest BCUT2D eigenvalue weighted by Gasteiger charge is 2.11. The maximum atomic E-state index is 6.10. The molecule has 0 aliphatic rings. The number of hydrogen-bond donors (Lipinski definition) is 1. The van der Waals surface area contributed by atoms with Crippen LogP contribution in [-0.4, -0.2) is 19.8 Å². The number of hydrogen-bond acceptors (Lipinski definition) is 3. The Morgan fingerprint density at radius 2 is 2.00 bits per heavy atom. The Morgan fingerprint density at radius 3 is 2.50 bits per heavy atom. The third-order valence-electron chi connectivity index (χ3n) is 2.11. The Hall–Kier alpha value is -0.930. The van der Waals surface area contributed by atoms with Crippen LogP contribution < -0.4 is 15.2 Å². The van der Waals surface area contributed by atoms with E-state index in [2.05, 4.69) is 0 Å². The molecule has 1 rings (SSSR count). The third kappa shape index (κ3) is 3.29. The second-order valence-electron chi connectivity index (χ2n) is 3.80. The van der Waals surface area contributed by atoms with Gasteiger partial charge in [-0.25, -0.2) is 0 Å². The fourth-order valence-electron chi connectivity index (χ4n) is 1.43. The van der Waals surface area contributed by atoms with Gasteiger partial charge in [-0.15, -0.1) is 0 Å². The van der Waals surface area contributed by atoms with E-state index in [1.54, 1.807) is 13.2 Å². The van der Waals surface area contributed by atoms with Crippen molar-refractivity contribution in [2.24, 2.45) is 5.73 Å². The predicted octanol–water partition coefficient (Wildman–Crippen LogP) is 2.64. The summed E-state index contributed by atoms with van der Waals surface area (Å²) in [5.74, 6) is 1.37. The number of rotatable bonds is 5. The van der Waals surface area contributed by atoms with Crippen LogP contribution in [0.3, 0.4) is 0 Å². The summed E-state index contributed by atoms with van der Waals surface area (Å²) in [7, 11) is 1.60. The first kappa shape index (κ1) is 13.1. The quantitative estimate of drug-likeness (QED) is 0.865. The van der Waals surface area contributed by atoms with Gasteiger partial charge in [-0.3, -0.25) is 0 Å². The van der Waals surface area contributed by atoms with Crippen molar-refractivity contribution in [1.29, 1.82) is 0 Å². The molecule has 0 unspecified atom stereocenters. The van der Waals surface area contributed by atoms with E-state index in [1.165, 1.54) is 0 Å². The number of methoxy groups -OCH3 is 1. The van der Waals surface area contributed by atoms with Crippen molar-refractivity contribution >= 4 is 11.6 Å². The van der Waals surface area contributed by atoms with E-state index in [-0.39, 0.29) is 6.10 Å². The number of ether oxygens (including phenoxy) is 2. The van der Waals surface area contributed by atoms with Gasteiger partial charge in [-0.1, -0.05) is 11.6 Å². The summed E-state index contributed by atoms with van der Waals surface area (Å²) < 4.78 is 10.9. The molecule has 2 N–H and O–H groups in total. The summed E-state index contributed by atoms with van der Waals surface area (Å²) >= 11 is 6.10. The molecule has 0 saturated carbocycles. The molecule has 0 fully saturated rings. The van der Waals surface area contributed by atoms with Gasteiger partial charge in [0.15, 0.2) is 11.5 Å². The summed E-state index contributed by atoms with van der Waals surface area (Å²) in [5, 5.41) is 0.665. The van der Waals surface area contributed by atoms with Gasteiger partial charge in [0.05, 0.1) is 13.2 Å². The smallest absolute Gasteiger partial charge is 0.162 e. The average Bonchev–Trinajstić information content (AvgIpc) is 2.22. The van der Waals surface area contributed by atoms with Gasteiger partial charge in [0.25, 0.3) is 0 Å². The minimum Gasteiger partial charge on any atom is -0.493 e. The van der Waals surface area contributed by atoms with Crippen molar-refractivity contribution in [3.05, 3.63) is 22.7 Å². The van der Waals surface area contributed by atoms with Gasteiger partial charge in [0, 0.05) is 11.1 Å². The Labute approximate surface area is 101 Å². The van der Waals surface area contributed by atoms with E-state index in [9.17, 15) is 0 Å². The normalized spacial score (nSPS) is 10.6. The molecule has 16 heavy (non-hydrogen) atoms. The fraction of sp³-hybridized carbons (Fsp3) is 0.500. The van der Waals surface area contributed by atoms with E-state index in [4.69, 9.17) is 26.8 Å². The van der Waals surface area contributed by atoms with Crippen LogP contribution in [0.25, 0.3) is 0 Å². The number of benzene rings is 1. The minimum atomic E-state index is 0.0980. The Morgan fingerprint density at radius 1 is 1.31 bits per heavy atom. The molecule has 0 radical (unpaired) electrons. The van der Waals surface area contributed by atoms with E-state index in [1.807, 2.05) is 19.9 Å². The lowest BCUT2D eigenvalue weighted by Crippen LogP contribution is -2.08. The molecule has 0 amide bonds. The molecule has 90 valence electrons. The highest BCUT2D eigenvalue weighted by molar-refractivity contribution is 6.31. The summed E-state index contributed by atoms with van der Waals surface area (Å²) in [6.45, 7) is 4.50. The third-order valence-corrected chi connectivity index (χ3v) is 2.46. The summed E-state index contributed by atoms with van der Waals surface area (Å²) in [6, 6.07) is 3.66. The van der Waals surface area contributed by atoms with E-state index in [0.29, 0.717) is 23.1 Å². The van der Waals surface area contributed by atoms with Crippen LogP contribution in [0.1, 0.15) is 19.4 Å². The van der Waals surface area contributed by atoms with Crippen LogP contribution >= 0.6 is 11.6 Å². The Balaban J connectivity index is 3.07. The molecule has 0 aliphatic heterocycles. The summed E-state index contributed by atoms with van der Waals surface area (Å²) in [6.07, 6.45) is 0.831. The first-order valence-electron chi connectivity index (χ1n) is 5.31. The van der Waals surface area contributed by atoms with Crippen molar-refractivity contribution in [1.82, 2.24) is 0 Å². The maximum Gasteiger partial charge on any atom is 0.162 e. The average molecular weight is 244 g/mol. The fourth-order valence-corrected chi connectivity index (χ4v) is 1.68. The molecule has 4 heteroatoms. The second kappa shape index (κ2) is 5.97. The lowest BCUT2D eigenvalue weighted by atomic mass is 10.1. The van der Waals surface area contributed by atoms with Gasteiger partial charge >= 0.3 is 0 Å². The molecule has 0 spiro atoms. The van der Waals surface area contributed by atoms with Gasteiger partial charge in [0.1, 0.15) is 0 Å². The molecule has 1 aromatic rings. The predicted molar refractivity (Wildman–Crippen MR) is 66.5 cm³/mol. The zero-order valence-electron chi connectivity index (χ0n) is 9.92.